The largest absolute Gasteiger partial charge is 0.486 e. The van der Waals surface area contributed by atoms with Gasteiger partial charge in [-0.05, 0) is 38.8 Å². The van der Waals surface area contributed by atoms with E-state index in [1.165, 1.54) is 4.57 Å². The zero-order valence-electron chi connectivity index (χ0n) is 18.7. The number of fused-ring (bicyclic) bond motifs is 2. The number of H-pyrrole nitrogens is 1. The Morgan fingerprint density at radius 1 is 1.21 bits per heavy atom. The number of aromatic amines is 1. The van der Waals surface area contributed by atoms with E-state index < -0.39 is 11.2 Å². The number of hydrogen-bond acceptors (Lipinski definition) is 6. The van der Waals surface area contributed by atoms with Crippen molar-refractivity contribution < 1.29 is 14.3 Å². The summed E-state index contributed by atoms with van der Waals surface area (Å²) in [6.07, 6.45) is 1.97. The summed E-state index contributed by atoms with van der Waals surface area (Å²) in [7, 11) is 0. The van der Waals surface area contributed by atoms with E-state index in [-0.39, 0.29) is 28.4 Å². The quantitative estimate of drug-likeness (QED) is 0.618. The molecule has 1 amide bonds. The maximum absolute atomic E-state index is 13.8. The highest BCUT2D eigenvalue weighted by Gasteiger charge is 2.30. The molecule has 2 aromatic heterocycles. The van der Waals surface area contributed by atoms with Gasteiger partial charge in [-0.3, -0.25) is 19.1 Å². The molecular formula is C24H26N4O5. The third-order valence-electron chi connectivity index (χ3n) is 6.19. The molecule has 0 spiro atoms. The predicted octanol–water partition coefficient (Wildman–Crippen LogP) is 2.42. The average Bonchev–Trinajstić information content (AvgIpc) is 3.67. The standard InChI is InChI=1S/C24H26N4O5/c1-3-27(13-15-6-5-7-18-20(15)33-11-10-32-18)23(30)16-12-17(14-8-9-14)25-21-19(16)22(29)26-24(31)28(21)4-2/h5-7,12,14H,3-4,8-11,13H2,1-2H3,(H,26,29,31). The van der Waals surface area contributed by atoms with Gasteiger partial charge in [-0.15, -0.1) is 0 Å². The molecule has 1 aliphatic carbocycles. The fourth-order valence-corrected chi connectivity index (χ4v) is 4.31. The van der Waals surface area contributed by atoms with E-state index in [0.29, 0.717) is 44.3 Å². The lowest BCUT2D eigenvalue weighted by atomic mass is 10.1. The second-order valence-electron chi connectivity index (χ2n) is 8.33. The Kier molecular flexibility index (Phi) is 5.39. The Balaban J connectivity index is 1.61. The molecule has 9 heteroatoms. The number of amides is 1. The van der Waals surface area contributed by atoms with Gasteiger partial charge in [-0.1, -0.05) is 12.1 Å². The van der Waals surface area contributed by atoms with Crippen LogP contribution < -0.4 is 20.7 Å². The zero-order valence-corrected chi connectivity index (χ0v) is 18.7. The van der Waals surface area contributed by atoms with E-state index >= 15 is 0 Å². The first-order valence-electron chi connectivity index (χ1n) is 11.4. The lowest BCUT2D eigenvalue weighted by molar-refractivity contribution is 0.0750. The van der Waals surface area contributed by atoms with Crippen LogP contribution >= 0.6 is 0 Å². The highest BCUT2D eigenvalue weighted by Crippen LogP contribution is 2.40. The number of pyridine rings is 1. The highest BCUT2D eigenvalue weighted by atomic mass is 16.6. The number of rotatable bonds is 6. The van der Waals surface area contributed by atoms with Gasteiger partial charge in [-0.2, -0.15) is 0 Å². The van der Waals surface area contributed by atoms with Crippen molar-refractivity contribution in [2.75, 3.05) is 19.8 Å². The van der Waals surface area contributed by atoms with Crippen molar-refractivity contribution in [1.82, 2.24) is 19.4 Å². The molecule has 1 N–H and O–H groups in total. The minimum Gasteiger partial charge on any atom is -0.486 e. The molecule has 172 valence electrons. The monoisotopic (exact) mass is 450 g/mol. The molecule has 0 unspecified atom stereocenters. The van der Waals surface area contributed by atoms with Crippen molar-refractivity contribution >= 4 is 16.9 Å². The molecule has 2 aliphatic rings. The van der Waals surface area contributed by atoms with E-state index in [0.717, 1.165) is 24.1 Å². The van der Waals surface area contributed by atoms with Gasteiger partial charge in [0.1, 0.15) is 13.2 Å². The Morgan fingerprint density at radius 3 is 2.73 bits per heavy atom. The fourth-order valence-electron chi connectivity index (χ4n) is 4.31. The van der Waals surface area contributed by atoms with Crippen molar-refractivity contribution in [3.63, 3.8) is 0 Å². The predicted molar refractivity (Wildman–Crippen MR) is 122 cm³/mol. The summed E-state index contributed by atoms with van der Waals surface area (Å²) in [5.74, 6) is 1.28. The smallest absolute Gasteiger partial charge is 0.329 e. The Hall–Kier alpha value is -3.62. The Bertz CT molecular complexity index is 1360. The Labute approximate surface area is 190 Å². The van der Waals surface area contributed by atoms with Gasteiger partial charge in [0.05, 0.1) is 10.9 Å². The van der Waals surface area contributed by atoms with Gasteiger partial charge in [0.2, 0.25) is 0 Å². The van der Waals surface area contributed by atoms with Crippen molar-refractivity contribution in [2.24, 2.45) is 0 Å². The van der Waals surface area contributed by atoms with Gasteiger partial charge >= 0.3 is 5.69 Å². The minimum absolute atomic E-state index is 0.152. The van der Waals surface area contributed by atoms with Crippen LogP contribution in [-0.4, -0.2) is 45.1 Å². The van der Waals surface area contributed by atoms with Crippen molar-refractivity contribution in [3.8, 4) is 11.5 Å². The molecule has 0 saturated heterocycles. The number of ether oxygens (including phenoxy) is 2. The summed E-state index contributed by atoms with van der Waals surface area (Å²) < 4.78 is 12.9. The van der Waals surface area contributed by atoms with Crippen molar-refractivity contribution in [1.29, 1.82) is 0 Å². The van der Waals surface area contributed by atoms with Gasteiger partial charge in [0, 0.05) is 36.8 Å². The number of carbonyl (C=O) groups excluding carboxylic acids is 1. The molecule has 0 bridgehead atoms. The number of aromatic nitrogens is 3. The lowest BCUT2D eigenvalue weighted by Crippen LogP contribution is -2.35. The second kappa shape index (κ2) is 8.38. The summed E-state index contributed by atoms with van der Waals surface area (Å²) in [5.41, 5.74) is 1.01. The SMILES string of the molecule is CCN(Cc1cccc2c1OCCO2)C(=O)c1cc(C2CC2)nc2c1c(=O)[nH]c(=O)n2CC. The van der Waals surface area contributed by atoms with Crippen LogP contribution in [0.15, 0.2) is 33.9 Å². The first-order valence-corrected chi connectivity index (χ1v) is 11.4. The first-order chi connectivity index (χ1) is 16.0. The van der Waals surface area contributed by atoms with Gasteiger partial charge in [-0.25, -0.2) is 9.78 Å². The van der Waals surface area contributed by atoms with Crippen LogP contribution in [0.4, 0.5) is 0 Å². The summed E-state index contributed by atoms with van der Waals surface area (Å²) in [5, 5.41) is 0.152. The van der Waals surface area contributed by atoms with E-state index in [1.807, 2.05) is 32.0 Å². The van der Waals surface area contributed by atoms with Crippen LogP contribution in [0.1, 0.15) is 54.2 Å². The zero-order chi connectivity index (χ0) is 23.1. The summed E-state index contributed by atoms with van der Waals surface area (Å²) in [4.78, 5) is 47.6. The van der Waals surface area contributed by atoms with Crippen LogP contribution in [0.5, 0.6) is 11.5 Å². The first kappa shape index (κ1) is 21.2. The van der Waals surface area contributed by atoms with Crippen molar-refractivity contribution in [2.45, 2.75) is 45.7 Å². The molecule has 9 nitrogen and oxygen atoms in total. The van der Waals surface area contributed by atoms with Gasteiger partial charge in [0.15, 0.2) is 17.1 Å². The molecule has 0 atom stereocenters. The summed E-state index contributed by atoms with van der Waals surface area (Å²) >= 11 is 0. The number of nitrogens with one attached hydrogen (secondary N) is 1. The maximum Gasteiger partial charge on any atom is 0.329 e. The molecular weight excluding hydrogens is 424 g/mol. The molecule has 5 rings (SSSR count). The second-order valence-corrected chi connectivity index (χ2v) is 8.33. The number of hydrogen-bond donors (Lipinski definition) is 1. The molecule has 1 aromatic carbocycles. The topological polar surface area (TPSA) is 107 Å². The van der Waals surface area contributed by atoms with Crippen LogP contribution in [0, 0.1) is 0 Å². The number of benzene rings is 1. The van der Waals surface area contributed by atoms with Crippen LogP contribution in [0.3, 0.4) is 0 Å². The van der Waals surface area contributed by atoms with Crippen LogP contribution in [0.2, 0.25) is 0 Å². The van der Waals surface area contributed by atoms with E-state index in [4.69, 9.17) is 9.47 Å². The molecule has 1 fully saturated rings. The number of nitrogens with zero attached hydrogens (tertiary/aromatic N) is 3. The van der Waals surface area contributed by atoms with E-state index in [1.54, 1.807) is 11.0 Å². The third kappa shape index (κ3) is 3.77. The van der Waals surface area contributed by atoms with E-state index in [2.05, 4.69) is 9.97 Å². The van der Waals surface area contributed by atoms with E-state index in [9.17, 15) is 14.4 Å². The molecule has 1 aliphatic heterocycles. The number of aryl methyl sites for hydroxylation is 1. The summed E-state index contributed by atoms with van der Waals surface area (Å²) in [6, 6.07) is 7.35. The molecule has 3 aromatic rings. The summed E-state index contributed by atoms with van der Waals surface area (Å²) in [6.45, 7) is 5.71. The average molecular weight is 450 g/mol. The fraction of sp³-hybridized carbons (Fsp3) is 0.417. The molecule has 3 heterocycles. The van der Waals surface area contributed by atoms with Gasteiger partial charge in [0.25, 0.3) is 11.5 Å². The van der Waals surface area contributed by atoms with Crippen molar-refractivity contribution in [3.05, 3.63) is 61.9 Å². The highest BCUT2D eigenvalue weighted by molar-refractivity contribution is 6.05. The number of carbonyl (C=O) groups is 1. The molecule has 1 saturated carbocycles. The number of para-hydroxylation sites is 1. The normalized spacial score (nSPS) is 15.0. The van der Waals surface area contributed by atoms with Crippen LogP contribution in [0.25, 0.3) is 11.0 Å². The molecule has 0 radical (unpaired) electrons. The Morgan fingerprint density at radius 2 is 2.00 bits per heavy atom. The maximum atomic E-state index is 13.8. The van der Waals surface area contributed by atoms with Crippen LogP contribution in [-0.2, 0) is 13.1 Å². The molecule has 33 heavy (non-hydrogen) atoms. The van der Waals surface area contributed by atoms with Gasteiger partial charge < -0.3 is 14.4 Å². The minimum atomic E-state index is -0.595. The third-order valence-corrected chi connectivity index (χ3v) is 6.19. The lowest BCUT2D eigenvalue weighted by Gasteiger charge is -2.26.